The molecule has 1 aliphatic heterocycles. The molecule has 0 amide bonds. The summed E-state index contributed by atoms with van der Waals surface area (Å²) in [5, 5.41) is 3.74. The summed E-state index contributed by atoms with van der Waals surface area (Å²) in [5.41, 5.74) is 3.00. The second kappa shape index (κ2) is 5.22. The summed E-state index contributed by atoms with van der Waals surface area (Å²) in [4.78, 5) is 7.17. The zero-order chi connectivity index (χ0) is 13.3. The van der Waals surface area contributed by atoms with Crippen LogP contribution in [0.2, 0.25) is 0 Å². The molecule has 0 spiro atoms. The van der Waals surface area contributed by atoms with E-state index in [0.29, 0.717) is 5.54 Å². The largest absolute Gasteiger partial charge is 0.309 e. The first-order valence-corrected chi connectivity index (χ1v) is 7.61. The van der Waals surface area contributed by atoms with Crippen LogP contribution >= 0.6 is 0 Å². The first-order chi connectivity index (χ1) is 9.21. The van der Waals surface area contributed by atoms with E-state index in [9.17, 15) is 0 Å². The molecule has 2 aliphatic rings. The Morgan fingerprint density at radius 3 is 3.05 bits per heavy atom. The average Bonchev–Trinajstić information content (AvgIpc) is 3.24. The van der Waals surface area contributed by atoms with Gasteiger partial charge in [-0.25, -0.2) is 0 Å². The minimum absolute atomic E-state index is 0.333. The van der Waals surface area contributed by atoms with Gasteiger partial charge in [-0.1, -0.05) is 13.0 Å². The van der Waals surface area contributed by atoms with Crippen molar-refractivity contribution < 1.29 is 0 Å². The van der Waals surface area contributed by atoms with Crippen molar-refractivity contribution in [3.63, 3.8) is 0 Å². The van der Waals surface area contributed by atoms with Gasteiger partial charge >= 0.3 is 0 Å². The third-order valence-corrected chi connectivity index (χ3v) is 4.73. The summed E-state index contributed by atoms with van der Waals surface area (Å²) in [6.45, 7) is 9.04. The Labute approximate surface area is 116 Å². The molecule has 0 aromatic carbocycles. The van der Waals surface area contributed by atoms with Crippen molar-refractivity contribution in [1.29, 1.82) is 0 Å². The zero-order valence-electron chi connectivity index (χ0n) is 12.2. The molecule has 1 aliphatic carbocycles. The van der Waals surface area contributed by atoms with E-state index < -0.39 is 0 Å². The minimum Gasteiger partial charge on any atom is -0.309 e. The zero-order valence-corrected chi connectivity index (χ0v) is 12.2. The Morgan fingerprint density at radius 1 is 1.47 bits per heavy atom. The van der Waals surface area contributed by atoms with Crippen LogP contribution in [0.15, 0.2) is 18.3 Å². The van der Waals surface area contributed by atoms with Gasteiger partial charge in [0.15, 0.2) is 0 Å². The molecule has 1 unspecified atom stereocenters. The number of pyridine rings is 1. The topological polar surface area (TPSA) is 28.2 Å². The van der Waals surface area contributed by atoms with Crippen LogP contribution in [0.4, 0.5) is 0 Å². The predicted octanol–water partition coefficient (Wildman–Crippen LogP) is 2.22. The first kappa shape index (κ1) is 13.1. The van der Waals surface area contributed by atoms with E-state index in [0.717, 1.165) is 38.5 Å². The third kappa shape index (κ3) is 2.82. The molecular weight excluding hydrogens is 234 g/mol. The average molecular weight is 259 g/mol. The van der Waals surface area contributed by atoms with E-state index in [1.54, 1.807) is 0 Å². The summed E-state index contributed by atoms with van der Waals surface area (Å²) in [7, 11) is 0. The highest BCUT2D eigenvalue weighted by Crippen LogP contribution is 2.40. The second-order valence-corrected chi connectivity index (χ2v) is 6.29. The normalized spacial score (nSPS) is 28.5. The molecular formula is C16H25N3. The van der Waals surface area contributed by atoms with Crippen LogP contribution in [0.3, 0.4) is 0 Å². The molecule has 3 heteroatoms. The van der Waals surface area contributed by atoms with E-state index in [1.807, 2.05) is 6.20 Å². The fourth-order valence-corrected chi connectivity index (χ4v) is 3.38. The second-order valence-electron chi connectivity index (χ2n) is 6.29. The number of piperazine rings is 1. The summed E-state index contributed by atoms with van der Waals surface area (Å²) >= 11 is 0. The number of nitrogens with one attached hydrogen (secondary N) is 1. The molecule has 2 fully saturated rings. The molecule has 3 rings (SSSR count). The van der Waals surface area contributed by atoms with Gasteiger partial charge in [-0.05, 0) is 43.7 Å². The van der Waals surface area contributed by atoms with Gasteiger partial charge in [0.05, 0.1) is 5.69 Å². The van der Waals surface area contributed by atoms with Gasteiger partial charge in [0.2, 0.25) is 0 Å². The highest BCUT2D eigenvalue weighted by atomic mass is 15.2. The fourth-order valence-electron chi connectivity index (χ4n) is 3.38. The lowest BCUT2D eigenvalue weighted by molar-refractivity contribution is 0.120. The van der Waals surface area contributed by atoms with Crippen molar-refractivity contribution in [2.45, 2.75) is 45.2 Å². The molecule has 2 heterocycles. The molecule has 0 bridgehead atoms. The Hall–Kier alpha value is -0.930. The minimum atomic E-state index is 0.333. The Morgan fingerprint density at radius 2 is 2.32 bits per heavy atom. The van der Waals surface area contributed by atoms with Gasteiger partial charge in [0.1, 0.15) is 0 Å². The molecule has 1 aromatic heterocycles. The number of nitrogens with zero attached hydrogens (tertiary/aromatic N) is 2. The lowest BCUT2D eigenvalue weighted by Crippen LogP contribution is -2.59. The first-order valence-electron chi connectivity index (χ1n) is 7.61. The molecule has 19 heavy (non-hydrogen) atoms. The van der Waals surface area contributed by atoms with Crippen LogP contribution in [0.1, 0.15) is 37.9 Å². The Balaban J connectivity index is 1.69. The van der Waals surface area contributed by atoms with Gasteiger partial charge < -0.3 is 5.32 Å². The highest BCUT2D eigenvalue weighted by molar-refractivity contribution is 5.19. The van der Waals surface area contributed by atoms with Gasteiger partial charge in [-0.3, -0.25) is 9.88 Å². The molecule has 3 nitrogen and oxygen atoms in total. The summed E-state index contributed by atoms with van der Waals surface area (Å²) in [6.07, 6.45) is 5.81. The third-order valence-electron chi connectivity index (χ3n) is 4.73. The van der Waals surface area contributed by atoms with Crippen molar-refractivity contribution in [1.82, 2.24) is 15.2 Å². The van der Waals surface area contributed by atoms with Crippen molar-refractivity contribution in [2.75, 3.05) is 19.6 Å². The van der Waals surface area contributed by atoms with E-state index in [4.69, 9.17) is 0 Å². The van der Waals surface area contributed by atoms with Gasteiger partial charge in [0, 0.05) is 37.9 Å². The van der Waals surface area contributed by atoms with Crippen LogP contribution in [-0.2, 0) is 13.0 Å². The molecule has 0 radical (unpaired) electrons. The number of hydrogen-bond acceptors (Lipinski definition) is 3. The SMILES string of the molecule is CCc1cccnc1CN1CCNC(C)(C2CC2)C1. The number of hydrogen-bond donors (Lipinski definition) is 1. The Kier molecular flexibility index (Phi) is 3.59. The van der Waals surface area contributed by atoms with Gasteiger partial charge in [-0.15, -0.1) is 0 Å². The van der Waals surface area contributed by atoms with E-state index in [-0.39, 0.29) is 0 Å². The van der Waals surface area contributed by atoms with E-state index in [1.165, 1.54) is 24.1 Å². The monoisotopic (exact) mass is 259 g/mol. The van der Waals surface area contributed by atoms with Crippen LogP contribution in [0.25, 0.3) is 0 Å². The lowest BCUT2D eigenvalue weighted by Gasteiger charge is -2.42. The number of aromatic nitrogens is 1. The van der Waals surface area contributed by atoms with Crippen LogP contribution in [0.5, 0.6) is 0 Å². The Bertz CT molecular complexity index is 441. The maximum Gasteiger partial charge on any atom is 0.0575 e. The fraction of sp³-hybridized carbons (Fsp3) is 0.688. The quantitative estimate of drug-likeness (QED) is 0.898. The smallest absolute Gasteiger partial charge is 0.0575 e. The molecule has 1 aromatic rings. The summed E-state index contributed by atoms with van der Waals surface area (Å²) in [5.74, 6) is 0.893. The van der Waals surface area contributed by atoms with Crippen LogP contribution in [0, 0.1) is 5.92 Å². The van der Waals surface area contributed by atoms with Crippen molar-refractivity contribution in [2.24, 2.45) is 5.92 Å². The van der Waals surface area contributed by atoms with E-state index in [2.05, 4.69) is 41.2 Å². The number of aryl methyl sites for hydroxylation is 1. The molecule has 1 N–H and O–H groups in total. The number of rotatable bonds is 4. The van der Waals surface area contributed by atoms with Crippen molar-refractivity contribution >= 4 is 0 Å². The van der Waals surface area contributed by atoms with Crippen LogP contribution < -0.4 is 5.32 Å². The lowest BCUT2D eigenvalue weighted by atomic mass is 9.92. The molecule has 1 atom stereocenters. The van der Waals surface area contributed by atoms with Crippen LogP contribution in [-0.4, -0.2) is 35.1 Å². The molecule has 1 saturated carbocycles. The maximum absolute atomic E-state index is 4.59. The van der Waals surface area contributed by atoms with Crippen molar-refractivity contribution in [3.8, 4) is 0 Å². The maximum atomic E-state index is 4.59. The summed E-state index contributed by atoms with van der Waals surface area (Å²) < 4.78 is 0. The van der Waals surface area contributed by atoms with Crippen molar-refractivity contribution in [3.05, 3.63) is 29.6 Å². The predicted molar refractivity (Wildman–Crippen MR) is 78.0 cm³/mol. The van der Waals surface area contributed by atoms with Gasteiger partial charge in [0.25, 0.3) is 0 Å². The van der Waals surface area contributed by atoms with Gasteiger partial charge in [-0.2, -0.15) is 0 Å². The molecule has 104 valence electrons. The standard InChI is InChI=1S/C16H25N3/c1-3-13-5-4-8-17-15(13)11-19-10-9-18-16(2,12-19)14-6-7-14/h4-5,8,14,18H,3,6-7,9-12H2,1-2H3. The highest BCUT2D eigenvalue weighted by Gasteiger charge is 2.43. The summed E-state index contributed by atoms with van der Waals surface area (Å²) in [6, 6.07) is 4.26. The van der Waals surface area contributed by atoms with E-state index >= 15 is 0 Å². The molecule has 1 saturated heterocycles.